The van der Waals surface area contributed by atoms with E-state index in [0.717, 1.165) is 32.5 Å². The van der Waals surface area contributed by atoms with Crippen molar-refractivity contribution in [1.82, 2.24) is 10.2 Å². The van der Waals surface area contributed by atoms with Gasteiger partial charge in [0.1, 0.15) is 0 Å². The van der Waals surface area contributed by atoms with E-state index in [1.165, 1.54) is 6.42 Å². The molecule has 0 saturated carbocycles. The van der Waals surface area contributed by atoms with E-state index in [9.17, 15) is 4.79 Å². The summed E-state index contributed by atoms with van der Waals surface area (Å²) in [6, 6.07) is 0.494. The topological polar surface area (TPSA) is 41.6 Å². The minimum Gasteiger partial charge on any atom is -0.449 e. The Kier molecular flexibility index (Phi) is 6.34. The smallest absolute Gasteiger partial charge is 0.409 e. The summed E-state index contributed by atoms with van der Waals surface area (Å²) < 4.78 is 5.26. The van der Waals surface area contributed by atoms with Crippen molar-refractivity contribution in [3.05, 3.63) is 0 Å². The van der Waals surface area contributed by atoms with Gasteiger partial charge in [0.05, 0.1) is 6.61 Å². The zero-order chi connectivity index (χ0) is 12.7. The first kappa shape index (κ1) is 14.3. The van der Waals surface area contributed by atoms with Gasteiger partial charge in [-0.05, 0) is 31.7 Å². The van der Waals surface area contributed by atoms with Gasteiger partial charge in [-0.2, -0.15) is 0 Å². The van der Waals surface area contributed by atoms with Crippen LogP contribution in [-0.2, 0) is 4.74 Å². The number of rotatable bonds is 5. The molecular weight excluding hydrogens is 216 g/mol. The Morgan fingerprint density at radius 3 is 2.94 bits per heavy atom. The minimum atomic E-state index is -0.138. The highest BCUT2D eigenvalue weighted by molar-refractivity contribution is 5.67. The summed E-state index contributed by atoms with van der Waals surface area (Å²) in [6.07, 6.45) is 3.07. The maximum Gasteiger partial charge on any atom is 0.409 e. The van der Waals surface area contributed by atoms with Crippen molar-refractivity contribution in [1.29, 1.82) is 0 Å². The van der Waals surface area contributed by atoms with Gasteiger partial charge in [0.15, 0.2) is 0 Å². The second kappa shape index (κ2) is 7.54. The molecule has 0 aromatic rings. The number of nitrogens with zero attached hydrogens (tertiary/aromatic N) is 1. The number of carbonyl (C=O) groups excluding carboxylic acids is 1. The Labute approximate surface area is 105 Å². The first-order valence-electron chi connectivity index (χ1n) is 6.74. The molecule has 0 aliphatic carbocycles. The highest BCUT2D eigenvalue weighted by Gasteiger charge is 2.21. The summed E-state index contributed by atoms with van der Waals surface area (Å²) in [5.41, 5.74) is 0. The molecule has 1 aliphatic heterocycles. The lowest BCUT2D eigenvalue weighted by atomic mass is 10.0. The van der Waals surface area contributed by atoms with Gasteiger partial charge in [-0.25, -0.2) is 4.79 Å². The number of hydrogen-bond acceptors (Lipinski definition) is 3. The molecule has 100 valence electrons. The van der Waals surface area contributed by atoms with E-state index >= 15 is 0 Å². The second-order valence-electron chi connectivity index (χ2n) is 5.27. The Morgan fingerprint density at radius 1 is 1.53 bits per heavy atom. The van der Waals surface area contributed by atoms with Crippen LogP contribution in [0.15, 0.2) is 0 Å². The first-order chi connectivity index (χ1) is 8.09. The third-order valence-electron chi connectivity index (χ3n) is 3.01. The predicted octanol–water partition coefficient (Wildman–Crippen LogP) is 2.24. The quantitative estimate of drug-likeness (QED) is 0.752. The van der Waals surface area contributed by atoms with E-state index in [2.05, 4.69) is 26.1 Å². The molecule has 1 amide bonds. The molecule has 0 aromatic heterocycles. The van der Waals surface area contributed by atoms with Crippen LogP contribution in [0, 0.1) is 5.92 Å². The molecule has 1 N–H and O–H groups in total. The maximum absolute atomic E-state index is 11.7. The van der Waals surface area contributed by atoms with E-state index in [1.54, 1.807) is 0 Å². The van der Waals surface area contributed by atoms with Crippen LogP contribution in [0.25, 0.3) is 0 Å². The number of amides is 1. The zero-order valence-electron chi connectivity index (χ0n) is 11.4. The van der Waals surface area contributed by atoms with Crippen molar-refractivity contribution >= 4 is 6.09 Å². The molecule has 0 bridgehead atoms. The highest BCUT2D eigenvalue weighted by atomic mass is 16.6. The van der Waals surface area contributed by atoms with Crippen molar-refractivity contribution in [3.63, 3.8) is 0 Å². The van der Waals surface area contributed by atoms with Crippen molar-refractivity contribution in [2.45, 2.75) is 46.1 Å². The van der Waals surface area contributed by atoms with E-state index in [-0.39, 0.29) is 6.09 Å². The summed E-state index contributed by atoms with van der Waals surface area (Å²) in [4.78, 5) is 13.6. The average Bonchev–Trinajstić information content (AvgIpc) is 2.28. The van der Waals surface area contributed by atoms with E-state index in [0.29, 0.717) is 18.6 Å². The number of piperidine rings is 1. The molecule has 1 rings (SSSR count). The Balaban J connectivity index is 2.08. The number of carbonyl (C=O) groups is 1. The molecule has 1 atom stereocenters. The zero-order valence-corrected chi connectivity index (χ0v) is 11.4. The largest absolute Gasteiger partial charge is 0.449 e. The lowest BCUT2D eigenvalue weighted by Gasteiger charge is -2.30. The second-order valence-corrected chi connectivity index (χ2v) is 5.27. The predicted molar refractivity (Wildman–Crippen MR) is 69.1 cm³/mol. The van der Waals surface area contributed by atoms with Crippen molar-refractivity contribution in [2.75, 3.05) is 26.2 Å². The third kappa shape index (κ3) is 5.91. The van der Waals surface area contributed by atoms with Crippen LogP contribution in [0.4, 0.5) is 4.79 Å². The molecule has 4 nitrogen and oxygen atoms in total. The van der Waals surface area contributed by atoms with Crippen LogP contribution in [0.3, 0.4) is 0 Å². The van der Waals surface area contributed by atoms with Gasteiger partial charge < -0.3 is 15.0 Å². The van der Waals surface area contributed by atoms with Gasteiger partial charge in [-0.15, -0.1) is 0 Å². The minimum absolute atomic E-state index is 0.138. The standard InChI is InChI=1S/C13H26N2O2/c1-11(2)14-7-5-9-17-13(16)15-8-4-6-12(3)10-15/h11-12,14H,4-10H2,1-3H3. The summed E-state index contributed by atoms with van der Waals surface area (Å²) in [6.45, 7) is 9.54. The third-order valence-corrected chi connectivity index (χ3v) is 3.01. The molecule has 4 heteroatoms. The van der Waals surface area contributed by atoms with Gasteiger partial charge in [-0.1, -0.05) is 20.8 Å². The normalized spacial score (nSPS) is 20.7. The van der Waals surface area contributed by atoms with E-state index < -0.39 is 0 Å². The summed E-state index contributed by atoms with van der Waals surface area (Å²) >= 11 is 0. The van der Waals surface area contributed by atoms with Gasteiger partial charge in [0, 0.05) is 19.1 Å². The first-order valence-corrected chi connectivity index (χ1v) is 6.74. The fourth-order valence-electron chi connectivity index (χ4n) is 2.07. The molecule has 17 heavy (non-hydrogen) atoms. The van der Waals surface area contributed by atoms with Crippen LogP contribution in [0.1, 0.15) is 40.0 Å². The molecule has 1 heterocycles. The van der Waals surface area contributed by atoms with Gasteiger partial charge in [0.2, 0.25) is 0 Å². The van der Waals surface area contributed by atoms with Crippen LogP contribution >= 0.6 is 0 Å². The van der Waals surface area contributed by atoms with Crippen LogP contribution in [0.5, 0.6) is 0 Å². The molecule has 1 fully saturated rings. The Bertz CT molecular complexity index is 231. The lowest BCUT2D eigenvalue weighted by molar-refractivity contribution is 0.0854. The van der Waals surface area contributed by atoms with Crippen molar-refractivity contribution in [2.24, 2.45) is 5.92 Å². The fraction of sp³-hybridized carbons (Fsp3) is 0.923. The van der Waals surface area contributed by atoms with Crippen LogP contribution < -0.4 is 5.32 Å². The molecule has 1 aliphatic rings. The van der Waals surface area contributed by atoms with Crippen molar-refractivity contribution < 1.29 is 9.53 Å². The fourth-order valence-corrected chi connectivity index (χ4v) is 2.07. The van der Waals surface area contributed by atoms with Gasteiger partial charge in [0.25, 0.3) is 0 Å². The van der Waals surface area contributed by atoms with Gasteiger partial charge >= 0.3 is 6.09 Å². The van der Waals surface area contributed by atoms with Crippen molar-refractivity contribution in [3.8, 4) is 0 Å². The molecule has 0 spiro atoms. The molecular formula is C13H26N2O2. The average molecular weight is 242 g/mol. The summed E-state index contributed by atoms with van der Waals surface area (Å²) in [5.74, 6) is 0.610. The summed E-state index contributed by atoms with van der Waals surface area (Å²) in [5, 5.41) is 3.30. The number of hydrogen-bond donors (Lipinski definition) is 1. The van der Waals surface area contributed by atoms with Crippen LogP contribution in [0.2, 0.25) is 0 Å². The van der Waals surface area contributed by atoms with E-state index in [4.69, 9.17) is 4.74 Å². The number of likely N-dealkylation sites (tertiary alicyclic amines) is 1. The molecule has 1 saturated heterocycles. The number of nitrogens with one attached hydrogen (secondary N) is 1. The highest BCUT2D eigenvalue weighted by Crippen LogP contribution is 2.15. The Hall–Kier alpha value is -0.770. The Morgan fingerprint density at radius 2 is 2.29 bits per heavy atom. The van der Waals surface area contributed by atoms with E-state index in [1.807, 2.05) is 4.90 Å². The monoisotopic (exact) mass is 242 g/mol. The molecule has 0 radical (unpaired) electrons. The lowest BCUT2D eigenvalue weighted by Crippen LogP contribution is -2.39. The van der Waals surface area contributed by atoms with Gasteiger partial charge in [-0.3, -0.25) is 0 Å². The van der Waals surface area contributed by atoms with Crippen LogP contribution in [-0.4, -0.2) is 43.3 Å². The molecule has 0 aromatic carbocycles. The maximum atomic E-state index is 11.7. The number of ether oxygens (including phenoxy) is 1. The summed E-state index contributed by atoms with van der Waals surface area (Å²) in [7, 11) is 0. The molecule has 1 unspecified atom stereocenters. The SMILES string of the molecule is CC1CCCN(C(=O)OCCCNC(C)C)C1.